The van der Waals surface area contributed by atoms with Crippen molar-refractivity contribution in [3.05, 3.63) is 57.6 Å². The number of halogens is 1. The molecule has 2 N–H and O–H groups in total. The molecule has 3 aromatic rings. The second kappa shape index (κ2) is 6.98. The summed E-state index contributed by atoms with van der Waals surface area (Å²) in [4.78, 5) is 36.3. The van der Waals surface area contributed by atoms with E-state index < -0.39 is 5.91 Å². The monoisotopic (exact) mass is 361 g/mol. The molecule has 0 saturated heterocycles. The highest BCUT2D eigenvalue weighted by molar-refractivity contribution is 7.99. The molecule has 2 aromatic heterocycles. The third-order valence-electron chi connectivity index (χ3n) is 3.16. The second-order valence-electron chi connectivity index (χ2n) is 4.90. The van der Waals surface area contributed by atoms with Gasteiger partial charge in [0.15, 0.2) is 16.3 Å². The Labute approximate surface area is 145 Å². The molecule has 0 fully saturated rings. The zero-order chi connectivity index (χ0) is 17.1. The Morgan fingerprint density at radius 2 is 1.92 bits per heavy atom. The highest BCUT2D eigenvalue weighted by Gasteiger charge is 2.14. The number of carbonyl (C=O) groups excluding carboxylic acids is 1. The Bertz CT molecular complexity index is 958. The molecule has 0 bridgehead atoms. The van der Waals surface area contributed by atoms with E-state index in [1.54, 1.807) is 12.1 Å². The largest absolute Gasteiger partial charge is 0.369 e. The first-order valence-electron chi connectivity index (χ1n) is 6.91. The molecule has 9 heteroatoms. The summed E-state index contributed by atoms with van der Waals surface area (Å²) in [5, 5.41) is 0.971. The maximum Gasteiger partial charge on any atom is 0.282 e. The van der Waals surface area contributed by atoms with Crippen molar-refractivity contribution >= 4 is 40.4 Å². The van der Waals surface area contributed by atoms with E-state index in [0.29, 0.717) is 10.2 Å². The van der Waals surface area contributed by atoms with Gasteiger partial charge < -0.3 is 5.73 Å². The van der Waals surface area contributed by atoms with Gasteiger partial charge in [-0.25, -0.2) is 15.0 Å². The zero-order valence-corrected chi connectivity index (χ0v) is 13.9. The molecule has 0 aliphatic heterocycles. The van der Waals surface area contributed by atoms with Crippen molar-refractivity contribution in [2.75, 3.05) is 5.75 Å². The average Bonchev–Trinajstić information content (AvgIpc) is 2.57. The molecule has 7 nitrogen and oxygen atoms in total. The standard InChI is InChI=1S/C15H12ClN5O2S/c16-10-3-1-9(2-4-10)7-21-14(23)12-13(19-6-5-18-12)20-15(21)24-8-11(17)22/h1-6H,7-8H2,(H2,17,22). The van der Waals surface area contributed by atoms with Crippen molar-refractivity contribution in [3.8, 4) is 0 Å². The van der Waals surface area contributed by atoms with Crippen LogP contribution in [0.25, 0.3) is 11.2 Å². The van der Waals surface area contributed by atoms with Gasteiger partial charge in [-0.05, 0) is 17.7 Å². The van der Waals surface area contributed by atoms with Gasteiger partial charge in [0.25, 0.3) is 5.56 Å². The fourth-order valence-corrected chi connectivity index (χ4v) is 2.94. The molecule has 0 atom stereocenters. The summed E-state index contributed by atoms with van der Waals surface area (Å²) in [5.74, 6) is -0.481. The summed E-state index contributed by atoms with van der Waals surface area (Å²) in [6.07, 6.45) is 2.90. The number of rotatable bonds is 5. The van der Waals surface area contributed by atoms with E-state index in [2.05, 4.69) is 15.0 Å². The summed E-state index contributed by atoms with van der Waals surface area (Å²) >= 11 is 6.98. The Hall–Kier alpha value is -2.45. The van der Waals surface area contributed by atoms with E-state index >= 15 is 0 Å². The van der Waals surface area contributed by atoms with Gasteiger partial charge >= 0.3 is 0 Å². The summed E-state index contributed by atoms with van der Waals surface area (Å²) in [6, 6.07) is 7.12. The van der Waals surface area contributed by atoms with Crippen LogP contribution >= 0.6 is 23.4 Å². The maximum atomic E-state index is 12.7. The number of primary amides is 1. The van der Waals surface area contributed by atoms with E-state index in [-0.39, 0.29) is 29.0 Å². The lowest BCUT2D eigenvalue weighted by Gasteiger charge is -2.12. The minimum atomic E-state index is -0.494. The van der Waals surface area contributed by atoms with Crippen LogP contribution in [0.5, 0.6) is 0 Å². The van der Waals surface area contributed by atoms with Crippen molar-refractivity contribution in [2.24, 2.45) is 5.73 Å². The van der Waals surface area contributed by atoms with Crippen molar-refractivity contribution in [1.82, 2.24) is 19.5 Å². The molecule has 3 rings (SSSR count). The van der Waals surface area contributed by atoms with E-state index in [1.807, 2.05) is 12.1 Å². The minimum absolute atomic E-state index is 0.0127. The Morgan fingerprint density at radius 3 is 2.62 bits per heavy atom. The molecule has 0 radical (unpaired) electrons. The Kier molecular flexibility index (Phi) is 4.77. The first kappa shape index (κ1) is 16.4. The molecule has 0 spiro atoms. The van der Waals surface area contributed by atoms with Crippen LogP contribution in [0, 0.1) is 0 Å². The van der Waals surface area contributed by atoms with E-state index in [0.717, 1.165) is 17.3 Å². The van der Waals surface area contributed by atoms with Gasteiger partial charge in [-0.3, -0.25) is 14.2 Å². The average molecular weight is 362 g/mol. The zero-order valence-electron chi connectivity index (χ0n) is 12.3. The van der Waals surface area contributed by atoms with Crippen LogP contribution in [-0.2, 0) is 11.3 Å². The van der Waals surface area contributed by atoms with Crippen LogP contribution in [-0.4, -0.2) is 31.2 Å². The van der Waals surface area contributed by atoms with Crippen molar-refractivity contribution in [1.29, 1.82) is 0 Å². The number of nitrogens with two attached hydrogens (primary N) is 1. The fourth-order valence-electron chi connectivity index (χ4n) is 2.09. The molecule has 0 saturated carbocycles. The quantitative estimate of drug-likeness (QED) is 0.545. The number of hydrogen-bond donors (Lipinski definition) is 1. The molecular formula is C15H12ClN5O2S. The number of hydrogen-bond acceptors (Lipinski definition) is 6. The lowest BCUT2D eigenvalue weighted by Crippen LogP contribution is -2.25. The number of thioether (sulfide) groups is 1. The first-order valence-corrected chi connectivity index (χ1v) is 8.28. The summed E-state index contributed by atoms with van der Waals surface area (Å²) in [6.45, 7) is 0.274. The maximum absolute atomic E-state index is 12.7. The van der Waals surface area contributed by atoms with Gasteiger partial charge in [-0.15, -0.1) is 0 Å². The second-order valence-corrected chi connectivity index (χ2v) is 6.27. The molecule has 1 aromatic carbocycles. The predicted molar refractivity (Wildman–Crippen MR) is 92.1 cm³/mol. The summed E-state index contributed by atoms with van der Waals surface area (Å²) < 4.78 is 1.45. The Morgan fingerprint density at radius 1 is 1.21 bits per heavy atom. The molecule has 0 aliphatic carbocycles. The van der Waals surface area contributed by atoms with Gasteiger partial charge in [0.2, 0.25) is 5.91 Å². The van der Waals surface area contributed by atoms with Gasteiger partial charge in [0.1, 0.15) is 0 Å². The number of carbonyl (C=O) groups is 1. The van der Waals surface area contributed by atoms with Crippen molar-refractivity contribution in [2.45, 2.75) is 11.7 Å². The first-order chi connectivity index (χ1) is 11.5. The fraction of sp³-hybridized carbons (Fsp3) is 0.133. The Balaban J connectivity index is 2.09. The third kappa shape index (κ3) is 3.55. The molecule has 1 amide bonds. The molecular weight excluding hydrogens is 350 g/mol. The number of benzene rings is 1. The lowest BCUT2D eigenvalue weighted by molar-refractivity contribution is -0.115. The number of nitrogens with zero attached hydrogens (tertiary/aromatic N) is 4. The number of amides is 1. The highest BCUT2D eigenvalue weighted by Crippen LogP contribution is 2.18. The van der Waals surface area contributed by atoms with Gasteiger partial charge in [0.05, 0.1) is 12.3 Å². The van der Waals surface area contributed by atoms with E-state index in [1.165, 1.54) is 17.0 Å². The van der Waals surface area contributed by atoms with Crippen LogP contribution in [0.2, 0.25) is 5.02 Å². The topological polar surface area (TPSA) is 104 Å². The number of fused-ring (bicyclic) bond motifs is 1. The predicted octanol–water partition coefficient (Wildman–Crippen LogP) is 1.47. The molecule has 2 heterocycles. The smallest absolute Gasteiger partial charge is 0.282 e. The highest BCUT2D eigenvalue weighted by atomic mass is 35.5. The van der Waals surface area contributed by atoms with Gasteiger partial charge in [-0.2, -0.15) is 0 Å². The SMILES string of the molecule is NC(=O)CSc1nc2nccnc2c(=O)n1Cc1ccc(Cl)cc1. The van der Waals surface area contributed by atoms with Crippen LogP contribution in [0.1, 0.15) is 5.56 Å². The summed E-state index contributed by atoms with van der Waals surface area (Å²) in [7, 11) is 0. The molecule has 24 heavy (non-hydrogen) atoms. The van der Waals surface area contributed by atoms with Crippen molar-refractivity contribution < 1.29 is 4.79 Å². The summed E-state index contributed by atoms with van der Waals surface area (Å²) in [5.41, 5.74) is 6.15. The molecule has 122 valence electrons. The minimum Gasteiger partial charge on any atom is -0.369 e. The van der Waals surface area contributed by atoms with Gasteiger partial charge in [0, 0.05) is 17.4 Å². The lowest BCUT2D eigenvalue weighted by atomic mass is 10.2. The van der Waals surface area contributed by atoms with Crippen LogP contribution < -0.4 is 11.3 Å². The third-order valence-corrected chi connectivity index (χ3v) is 4.41. The van der Waals surface area contributed by atoms with Crippen LogP contribution in [0.15, 0.2) is 46.6 Å². The van der Waals surface area contributed by atoms with E-state index in [9.17, 15) is 9.59 Å². The van der Waals surface area contributed by atoms with E-state index in [4.69, 9.17) is 17.3 Å². The van der Waals surface area contributed by atoms with Crippen LogP contribution in [0.3, 0.4) is 0 Å². The van der Waals surface area contributed by atoms with Crippen LogP contribution in [0.4, 0.5) is 0 Å². The molecule has 0 aliphatic rings. The molecule has 0 unspecified atom stereocenters. The van der Waals surface area contributed by atoms with Gasteiger partial charge in [-0.1, -0.05) is 35.5 Å². The van der Waals surface area contributed by atoms with Crippen molar-refractivity contribution in [3.63, 3.8) is 0 Å². The number of aromatic nitrogens is 4. The normalized spacial score (nSPS) is 10.9.